The fraction of sp³-hybridized carbons (Fsp3) is 0.278. The van der Waals surface area contributed by atoms with Crippen molar-refractivity contribution in [3.8, 4) is 0 Å². The van der Waals surface area contributed by atoms with E-state index in [1.54, 1.807) is 24.3 Å². The van der Waals surface area contributed by atoms with Gasteiger partial charge in [0.25, 0.3) is 10.0 Å². The fourth-order valence-electron chi connectivity index (χ4n) is 2.88. The number of benzene rings is 2. The van der Waals surface area contributed by atoms with E-state index in [1.165, 1.54) is 24.3 Å². The highest BCUT2D eigenvalue weighted by Crippen LogP contribution is 2.30. The van der Waals surface area contributed by atoms with Crippen molar-refractivity contribution in [3.05, 3.63) is 54.1 Å². The number of likely N-dealkylation sites (N-methyl/N-ethyl adjacent to an activating group) is 1. The number of nitrogens with zero attached hydrogens (tertiary/aromatic N) is 2. The second-order valence-electron chi connectivity index (χ2n) is 6.25. The Kier molecular flexibility index (Phi) is 5.15. The molecular formula is C18H21N3O4S. The summed E-state index contributed by atoms with van der Waals surface area (Å²) in [4.78, 5) is 15.7. The summed E-state index contributed by atoms with van der Waals surface area (Å²) in [5.74, 6) is -1.10. The Morgan fingerprint density at radius 3 is 2.31 bits per heavy atom. The fourth-order valence-corrected chi connectivity index (χ4v) is 3.96. The predicted octanol–water partition coefficient (Wildman–Crippen LogP) is 1.94. The number of carboxylic acid groups (broad SMARTS) is 1. The third-order valence-corrected chi connectivity index (χ3v) is 5.77. The maximum Gasteiger partial charge on any atom is 0.335 e. The number of rotatable bonds is 5. The van der Waals surface area contributed by atoms with Crippen LogP contribution in [0.25, 0.3) is 0 Å². The summed E-state index contributed by atoms with van der Waals surface area (Å²) in [7, 11) is -1.78. The third-order valence-electron chi connectivity index (χ3n) is 4.39. The molecule has 2 aromatic rings. The first-order valence-electron chi connectivity index (χ1n) is 8.25. The molecule has 1 aliphatic rings. The lowest BCUT2D eigenvalue weighted by atomic mass is 10.1. The molecule has 0 spiro atoms. The van der Waals surface area contributed by atoms with E-state index < -0.39 is 16.0 Å². The molecule has 0 atom stereocenters. The summed E-state index contributed by atoms with van der Waals surface area (Å²) in [6.07, 6.45) is 0. The van der Waals surface area contributed by atoms with Crippen molar-refractivity contribution in [2.75, 3.05) is 42.8 Å². The van der Waals surface area contributed by atoms with Gasteiger partial charge in [-0.15, -0.1) is 0 Å². The summed E-state index contributed by atoms with van der Waals surface area (Å²) in [6, 6.07) is 12.6. The predicted molar refractivity (Wildman–Crippen MR) is 100 cm³/mol. The minimum Gasteiger partial charge on any atom is -0.478 e. The maximum absolute atomic E-state index is 12.7. The number of carboxylic acids is 1. The van der Waals surface area contributed by atoms with E-state index in [9.17, 15) is 18.3 Å². The van der Waals surface area contributed by atoms with Gasteiger partial charge in [0.05, 0.1) is 21.8 Å². The van der Waals surface area contributed by atoms with Crippen molar-refractivity contribution < 1.29 is 18.3 Å². The van der Waals surface area contributed by atoms with Crippen LogP contribution in [-0.4, -0.2) is 57.6 Å². The normalized spacial score (nSPS) is 15.7. The van der Waals surface area contributed by atoms with Gasteiger partial charge in [-0.3, -0.25) is 4.72 Å². The lowest BCUT2D eigenvalue weighted by Crippen LogP contribution is -2.44. The zero-order valence-corrected chi connectivity index (χ0v) is 15.2. The van der Waals surface area contributed by atoms with Crippen molar-refractivity contribution in [1.29, 1.82) is 0 Å². The van der Waals surface area contributed by atoms with Crippen molar-refractivity contribution in [3.63, 3.8) is 0 Å². The average Bonchev–Trinajstić information content (AvgIpc) is 2.63. The SMILES string of the molecule is CN1CCN(c2ccc(C(=O)O)cc2NS(=O)(=O)c2ccccc2)CC1. The number of anilines is 2. The van der Waals surface area contributed by atoms with Crippen LogP contribution in [0, 0.1) is 0 Å². The zero-order valence-electron chi connectivity index (χ0n) is 14.4. The number of hydrogen-bond acceptors (Lipinski definition) is 5. The largest absolute Gasteiger partial charge is 0.478 e. The molecule has 0 saturated carbocycles. The molecule has 0 aliphatic carbocycles. The highest BCUT2D eigenvalue weighted by Gasteiger charge is 2.22. The van der Waals surface area contributed by atoms with Crippen LogP contribution in [0.15, 0.2) is 53.4 Å². The van der Waals surface area contributed by atoms with E-state index >= 15 is 0 Å². The van der Waals surface area contributed by atoms with E-state index in [4.69, 9.17) is 0 Å². The molecule has 1 heterocycles. The molecule has 0 amide bonds. The molecule has 0 radical (unpaired) electrons. The van der Waals surface area contributed by atoms with Crippen molar-refractivity contribution in [2.45, 2.75) is 4.90 Å². The topological polar surface area (TPSA) is 89.9 Å². The molecule has 138 valence electrons. The smallest absolute Gasteiger partial charge is 0.335 e. The van der Waals surface area contributed by atoms with Gasteiger partial charge in [0.15, 0.2) is 0 Å². The molecule has 7 nitrogen and oxygen atoms in total. The van der Waals surface area contributed by atoms with Gasteiger partial charge >= 0.3 is 5.97 Å². The van der Waals surface area contributed by atoms with Gasteiger partial charge < -0.3 is 14.9 Å². The number of aromatic carboxylic acids is 1. The summed E-state index contributed by atoms with van der Waals surface area (Å²) in [5, 5.41) is 9.26. The monoisotopic (exact) mass is 375 g/mol. The highest BCUT2D eigenvalue weighted by atomic mass is 32.2. The minimum absolute atomic E-state index is 0.0358. The summed E-state index contributed by atoms with van der Waals surface area (Å²) in [6.45, 7) is 3.18. The lowest BCUT2D eigenvalue weighted by Gasteiger charge is -2.35. The van der Waals surface area contributed by atoms with Crippen LogP contribution in [0.1, 0.15) is 10.4 Å². The summed E-state index contributed by atoms with van der Waals surface area (Å²) >= 11 is 0. The number of sulfonamides is 1. The van der Waals surface area contributed by atoms with Crippen LogP contribution in [-0.2, 0) is 10.0 Å². The first kappa shape index (κ1) is 18.2. The summed E-state index contributed by atoms with van der Waals surface area (Å²) in [5.41, 5.74) is 0.995. The van der Waals surface area contributed by atoms with Gasteiger partial charge in [-0.05, 0) is 37.4 Å². The van der Waals surface area contributed by atoms with E-state index in [0.717, 1.165) is 26.2 Å². The Balaban J connectivity index is 1.98. The van der Waals surface area contributed by atoms with E-state index in [-0.39, 0.29) is 16.1 Å². The lowest BCUT2D eigenvalue weighted by molar-refractivity contribution is 0.0697. The standard InChI is InChI=1S/C18H21N3O4S/c1-20-9-11-21(12-10-20)17-8-7-14(18(22)23)13-16(17)19-26(24,25)15-5-3-2-4-6-15/h2-8,13,19H,9-12H2,1H3,(H,22,23). The third kappa shape index (κ3) is 3.97. The van der Waals surface area contributed by atoms with Crippen LogP contribution in [0.2, 0.25) is 0 Å². The van der Waals surface area contributed by atoms with Gasteiger partial charge in [-0.2, -0.15) is 0 Å². The first-order chi connectivity index (χ1) is 12.4. The summed E-state index contributed by atoms with van der Waals surface area (Å²) < 4.78 is 27.9. The van der Waals surface area contributed by atoms with E-state index in [0.29, 0.717) is 5.69 Å². The number of piperazine rings is 1. The van der Waals surface area contributed by atoms with Crippen LogP contribution >= 0.6 is 0 Å². The molecule has 1 fully saturated rings. The number of nitrogens with one attached hydrogen (secondary N) is 1. The van der Waals surface area contributed by atoms with Crippen LogP contribution < -0.4 is 9.62 Å². The van der Waals surface area contributed by atoms with Gasteiger partial charge in [0, 0.05) is 26.2 Å². The van der Waals surface area contributed by atoms with E-state index in [1.807, 2.05) is 7.05 Å². The van der Waals surface area contributed by atoms with Crippen molar-refractivity contribution >= 4 is 27.4 Å². The quantitative estimate of drug-likeness (QED) is 0.830. The Morgan fingerprint density at radius 1 is 1.04 bits per heavy atom. The van der Waals surface area contributed by atoms with Gasteiger partial charge in [-0.25, -0.2) is 13.2 Å². The van der Waals surface area contributed by atoms with Crippen LogP contribution in [0.4, 0.5) is 11.4 Å². The van der Waals surface area contributed by atoms with Gasteiger partial charge in [-0.1, -0.05) is 18.2 Å². The minimum atomic E-state index is -3.81. The Bertz CT molecular complexity index is 892. The Hall–Kier alpha value is -2.58. The second-order valence-corrected chi connectivity index (χ2v) is 7.93. The van der Waals surface area contributed by atoms with Gasteiger partial charge in [0.1, 0.15) is 0 Å². The van der Waals surface area contributed by atoms with E-state index in [2.05, 4.69) is 14.5 Å². The van der Waals surface area contributed by atoms with Crippen LogP contribution in [0.3, 0.4) is 0 Å². The Labute approximate surface area is 152 Å². The molecule has 26 heavy (non-hydrogen) atoms. The second kappa shape index (κ2) is 7.35. The van der Waals surface area contributed by atoms with Crippen molar-refractivity contribution in [2.24, 2.45) is 0 Å². The molecule has 2 N–H and O–H groups in total. The Morgan fingerprint density at radius 2 is 1.69 bits per heavy atom. The molecule has 2 aromatic carbocycles. The number of carbonyl (C=O) groups is 1. The molecule has 3 rings (SSSR count). The molecule has 0 unspecified atom stereocenters. The molecule has 0 bridgehead atoms. The highest BCUT2D eigenvalue weighted by molar-refractivity contribution is 7.92. The molecule has 0 aromatic heterocycles. The van der Waals surface area contributed by atoms with Crippen molar-refractivity contribution in [1.82, 2.24) is 4.90 Å². The van der Waals surface area contributed by atoms with Gasteiger partial charge in [0.2, 0.25) is 0 Å². The molecular weight excluding hydrogens is 354 g/mol. The molecule has 1 saturated heterocycles. The molecule has 8 heteroatoms. The number of hydrogen-bond donors (Lipinski definition) is 2. The average molecular weight is 375 g/mol. The van der Waals surface area contributed by atoms with Crippen LogP contribution in [0.5, 0.6) is 0 Å². The molecule has 1 aliphatic heterocycles. The maximum atomic E-state index is 12.7. The first-order valence-corrected chi connectivity index (χ1v) is 9.74. The zero-order chi connectivity index (χ0) is 18.7.